The van der Waals surface area contributed by atoms with Crippen LogP contribution in [0, 0.1) is 0 Å². The van der Waals surface area contributed by atoms with Gasteiger partial charge in [-0.3, -0.25) is 14.5 Å². The standard InChI is InChI=1S/C23H19N3O4/c27-21-14-26(20-13-7-6-12-19(20)25-21)22(28)15-30-23(29)17-10-4-5-11-18(17)24-16-8-2-1-3-9-16/h1-13,24H,14-15H2,(H,25,27). The topological polar surface area (TPSA) is 87.7 Å². The van der Waals surface area contributed by atoms with Gasteiger partial charge in [-0.25, -0.2) is 4.79 Å². The number of carbonyl (C=O) groups is 3. The van der Waals surface area contributed by atoms with Crippen LogP contribution in [0.3, 0.4) is 0 Å². The number of para-hydroxylation sites is 4. The number of esters is 1. The van der Waals surface area contributed by atoms with Gasteiger partial charge in [0.15, 0.2) is 6.61 Å². The zero-order chi connectivity index (χ0) is 20.9. The molecule has 4 rings (SSSR count). The highest BCUT2D eigenvalue weighted by molar-refractivity contribution is 6.10. The molecule has 0 aromatic heterocycles. The molecule has 0 fully saturated rings. The Hall–Kier alpha value is -4.13. The summed E-state index contributed by atoms with van der Waals surface area (Å²) in [5.74, 6) is -1.40. The van der Waals surface area contributed by atoms with E-state index in [1.54, 1.807) is 48.5 Å². The summed E-state index contributed by atoms with van der Waals surface area (Å²) in [6.07, 6.45) is 0. The zero-order valence-corrected chi connectivity index (χ0v) is 16.0. The Balaban J connectivity index is 1.46. The van der Waals surface area contributed by atoms with Crippen LogP contribution in [0.4, 0.5) is 22.7 Å². The maximum Gasteiger partial charge on any atom is 0.340 e. The summed E-state index contributed by atoms with van der Waals surface area (Å²) in [4.78, 5) is 38.5. The molecule has 0 unspecified atom stereocenters. The number of hydrogen-bond acceptors (Lipinski definition) is 5. The molecule has 150 valence electrons. The molecule has 1 aliphatic heterocycles. The van der Waals surface area contributed by atoms with Crippen molar-refractivity contribution in [2.75, 3.05) is 28.7 Å². The Morgan fingerprint density at radius 2 is 1.63 bits per heavy atom. The Bertz CT molecular complexity index is 1100. The molecule has 3 aromatic rings. The molecular weight excluding hydrogens is 382 g/mol. The third-order valence-electron chi connectivity index (χ3n) is 4.60. The molecule has 0 atom stereocenters. The second-order valence-corrected chi connectivity index (χ2v) is 6.66. The summed E-state index contributed by atoms with van der Waals surface area (Å²) >= 11 is 0. The lowest BCUT2D eigenvalue weighted by molar-refractivity contribution is -0.124. The average Bonchev–Trinajstić information content (AvgIpc) is 2.77. The van der Waals surface area contributed by atoms with Gasteiger partial charge >= 0.3 is 5.97 Å². The van der Waals surface area contributed by atoms with Crippen LogP contribution in [0.15, 0.2) is 78.9 Å². The molecule has 30 heavy (non-hydrogen) atoms. The minimum atomic E-state index is -0.628. The largest absolute Gasteiger partial charge is 0.452 e. The van der Waals surface area contributed by atoms with Gasteiger partial charge in [0, 0.05) is 5.69 Å². The number of nitrogens with one attached hydrogen (secondary N) is 2. The Kier molecular flexibility index (Phi) is 5.43. The molecule has 0 saturated carbocycles. The lowest BCUT2D eigenvalue weighted by atomic mass is 10.1. The molecule has 3 aromatic carbocycles. The predicted molar refractivity (Wildman–Crippen MR) is 114 cm³/mol. The minimum absolute atomic E-state index is 0.125. The van der Waals surface area contributed by atoms with Crippen molar-refractivity contribution in [3.8, 4) is 0 Å². The maximum atomic E-state index is 12.7. The van der Waals surface area contributed by atoms with Crippen molar-refractivity contribution < 1.29 is 19.1 Å². The number of anilines is 4. The minimum Gasteiger partial charge on any atom is -0.452 e. The van der Waals surface area contributed by atoms with Gasteiger partial charge in [-0.05, 0) is 36.4 Å². The number of rotatable bonds is 5. The highest BCUT2D eigenvalue weighted by Crippen LogP contribution is 2.29. The van der Waals surface area contributed by atoms with Gasteiger partial charge in [-0.2, -0.15) is 0 Å². The maximum absolute atomic E-state index is 12.7. The molecule has 1 heterocycles. The summed E-state index contributed by atoms with van der Waals surface area (Å²) in [6.45, 7) is -0.598. The van der Waals surface area contributed by atoms with Crippen molar-refractivity contribution in [3.63, 3.8) is 0 Å². The number of nitrogens with zero attached hydrogens (tertiary/aromatic N) is 1. The average molecular weight is 401 g/mol. The number of carbonyl (C=O) groups excluding carboxylic acids is 3. The molecule has 0 saturated heterocycles. The zero-order valence-electron chi connectivity index (χ0n) is 16.0. The fourth-order valence-electron chi connectivity index (χ4n) is 3.19. The molecule has 0 aliphatic carbocycles. The normalized spacial score (nSPS) is 12.5. The third kappa shape index (κ3) is 4.15. The molecule has 2 amide bonds. The van der Waals surface area contributed by atoms with E-state index in [1.165, 1.54) is 4.90 Å². The Morgan fingerprint density at radius 1 is 0.933 bits per heavy atom. The van der Waals surface area contributed by atoms with Crippen molar-refractivity contribution in [1.29, 1.82) is 0 Å². The molecule has 2 N–H and O–H groups in total. The van der Waals surface area contributed by atoms with E-state index in [0.717, 1.165) is 5.69 Å². The highest BCUT2D eigenvalue weighted by Gasteiger charge is 2.27. The lowest BCUT2D eigenvalue weighted by Crippen LogP contribution is -2.44. The fourth-order valence-corrected chi connectivity index (χ4v) is 3.19. The third-order valence-corrected chi connectivity index (χ3v) is 4.60. The summed E-state index contributed by atoms with van der Waals surface area (Å²) in [7, 11) is 0. The van der Waals surface area contributed by atoms with Crippen LogP contribution in [0.1, 0.15) is 10.4 Å². The van der Waals surface area contributed by atoms with E-state index in [4.69, 9.17) is 4.74 Å². The van der Waals surface area contributed by atoms with Gasteiger partial charge in [-0.15, -0.1) is 0 Å². The number of ether oxygens (including phenoxy) is 1. The van der Waals surface area contributed by atoms with Gasteiger partial charge in [0.1, 0.15) is 6.54 Å². The van der Waals surface area contributed by atoms with Crippen LogP contribution in [-0.2, 0) is 14.3 Å². The van der Waals surface area contributed by atoms with Gasteiger partial charge in [-0.1, -0.05) is 42.5 Å². The van der Waals surface area contributed by atoms with Crippen molar-refractivity contribution in [2.45, 2.75) is 0 Å². The van der Waals surface area contributed by atoms with E-state index in [0.29, 0.717) is 22.6 Å². The SMILES string of the molecule is O=C1CN(C(=O)COC(=O)c2ccccc2Nc2ccccc2)c2ccccc2N1. The number of fused-ring (bicyclic) bond motifs is 1. The Labute approximate surface area is 173 Å². The lowest BCUT2D eigenvalue weighted by Gasteiger charge is -2.28. The second-order valence-electron chi connectivity index (χ2n) is 6.66. The van der Waals surface area contributed by atoms with Crippen molar-refractivity contribution in [1.82, 2.24) is 0 Å². The summed E-state index contributed by atoms with van der Waals surface area (Å²) in [6, 6.07) is 23.3. The monoisotopic (exact) mass is 401 g/mol. The second kappa shape index (κ2) is 8.48. The molecule has 0 bridgehead atoms. The van der Waals surface area contributed by atoms with Gasteiger partial charge < -0.3 is 15.4 Å². The molecule has 0 radical (unpaired) electrons. The number of hydrogen-bond donors (Lipinski definition) is 2. The fraction of sp³-hybridized carbons (Fsp3) is 0.0870. The van der Waals surface area contributed by atoms with E-state index < -0.39 is 18.5 Å². The van der Waals surface area contributed by atoms with E-state index in [-0.39, 0.29) is 12.5 Å². The predicted octanol–water partition coefficient (Wildman–Crippen LogP) is 3.57. The van der Waals surface area contributed by atoms with E-state index >= 15 is 0 Å². The summed E-state index contributed by atoms with van der Waals surface area (Å²) in [5.41, 5.74) is 2.83. The van der Waals surface area contributed by atoms with Crippen LogP contribution in [0.2, 0.25) is 0 Å². The quantitative estimate of drug-likeness (QED) is 0.638. The van der Waals surface area contributed by atoms with Crippen LogP contribution < -0.4 is 15.5 Å². The van der Waals surface area contributed by atoms with E-state index in [2.05, 4.69) is 10.6 Å². The molecule has 1 aliphatic rings. The number of amides is 2. The molecule has 7 heteroatoms. The first kappa shape index (κ1) is 19.2. The first-order chi connectivity index (χ1) is 14.6. The van der Waals surface area contributed by atoms with Gasteiger partial charge in [0.2, 0.25) is 5.91 Å². The van der Waals surface area contributed by atoms with E-state index in [1.807, 2.05) is 30.3 Å². The summed E-state index contributed by atoms with van der Waals surface area (Å²) in [5, 5.41) is 5.89. The van der Waals surface area contributed by atoms with Crippen LogP contribution in [0.5, 0.6) is 0 Å². The van der Waals surface area contributed by atoms with Crippen LogP contribution in [0.25, 0.3) is 0 Å². The van der Waals surface area contributed by atoms with Crippen molar-refractivity contribution in [3.05, 3.63) is 84.4 Å². The van der Waals surface area contributed by atoms with Crippen LogP contribution in [-0.4, -0.2) is 30.9 Å². The smallest absolute Gasteiger partial charge is 0.340 e. The highest BCUT2D eigenvalue weighted by atomic mass is 16.5. The van der Waals surface area contributed by atoms with Crippen molar-refractivity contribution >= 4 is 40.5 Å². The van der Waals surface area contributed by atoms with Crippen molar-refractivity contribution in [2.24, 2.45) is 0 Å². The van der Waals surface area contributed by atoms with Crippen LogP contribution >= 0.6 is 0 Å². The number of benzene rings is 3. The summed E-state index contributed by atoms with van der Waals surface area (Å²) < 4.78 is 5.27. The van der Waals surface area contributed by atoms with Gasteiger partial charge in [0.25, 0.3) is 5.91 Å². The van der Waals surface area contributed by atoms with E-state index in [9.17, 15) is 14.4 Å². The molecular formula is C23H19N3O4. The van der Waals surface area contributed by atoms with Gasteiger partial charge in [0.05, 0.1) is 22.6 Å². The first-order valence-corrected chi connectivity index (χ1v) is 9.39. The molecule has 0 spiro atoms. The molecule has 7 nitrogen and oxygen atoms in total. The first-order valence-electron chi connectivity index (χ1n) is 9.39. The Morgan fingerprint density at radius 3 is 2.47 bits per heavy atom.